The summed E-state index contributed by atoms with van der Waals surface area (Å²) in [6.07, 6.45) is 9.05. The van der Waals surface area contributed by atoms with E-state index in [9.17, 15) is 4.57 Å². The van der Waals surface area contributed by atoms with Gasteiger partial charge >= 0.3 is 8.25 Å². The minimum absolute atomic E-state index is 0.275. The quantitative estimate of drug-likeness (QED) is 0.363. The summed E-state index contributed by atoms with van der Waals surface area (Å²) in [5.74, 6) is 2.43. The summed E-state index contributed by atoms with van der Waals surface area (Å²) in [5, 5.41) is 0. The largest absolute Gasteiger partial charge is 0.697 e. The van der Waals surface area contributed by atoms with Gasteiger partial charge < -0.3 is 0 Å². The highest BCUT2D eigenvalue weighted by Crippen LogP contribution is 2.22. The lowest BCUT2D eigenvalue weighted by Gasteiger charge is -1.82. The van der Waals surface area contributed by atoms with Crippen LogP contribution in [-0.4, -0.2) is 13.2 Å². The number of hydrogen-bond donors (Lipinski definition) is 0. The van der Waals surface area contributed by atoms with E-state index in [1.807, 2.05) is 0 Å². The van der Waals surface area contributed by atoms with Crippen molar-refractivity contribution in [2.24, 2.45) is 0 Å². The molecule has 0 bridgehead atoms. The van der Waals surface area contributed by atoms with Gasteiger partial charge in [-0.1, -0.05) is 12.2 Å². The van der Waals surface area contributed by atoms with Crippen molar-refractivity contribution in [2.75, 3.05) is 13.2 Å². The summed E-state index contributed by atoms with van der Waals surface area (Å²) in [7, 11) is -1.95. The minimum atomic E-state index is -1.95. The van der Waals surface area contributed by atoms with Crippen LogP contribution in [0.25, 0.3) is 0 Å². The van der Waals surface area contributed by atoms with Crippen LogP contribution < -0.4 is 0 Å². The van der Waals surface area contributed by atoms with E-state index in [0.29, 0.717) is 13.0 Å². The van der Waals surface area contributed by atoms with E-state index in [2.05, 4.69) is 10.4 Å². The first-order chi connectivity index (χ1) is 5.81. The predicted octanol–water partition coefficient (Wildman–Crippen LogP) is 2.28. The number of hydrogen-bond acceptors (Lipinski definition) is 3. The molecule has 0 aromatic carbocycles. The maximum Gasteiger partial charge on any atom is 0.697 e. The first kappa shape index (κ1) is 11.3. The Hall–Kier alpha value is -0.680. The predicted molar refractivity (Wildman–Crippen MR) is 47.8 cm³/mol. The molecule has 0 saturated carbocycles. The molecular formula is C8H12O3P+. The molecule has 4 heteroatoms. The van der Waals surface area contributed by atoms with E-state index in [0.717, 1.165) is 0 Å². The van der Waals surface area contributed by atoms with Crippen LogP contribution in [-0.2, 0) is 13.6 Å². The summed E-state index contributed by atoms with van der Waals surface area (Å²) < 4.78 is 20.1. The van der Waals surface area contributed by atoms with Crippen molar-refractivity contribution >= 4 is 8.25 Å². The zero-order valence-electron chi connectivity index (χ0n) is 7.03. The summed E-state index contributed by atoms with van der Waals surface area (Å²) in [6.45, 7) is 2.42. The van der Waals surface area contributed by atoms with Gasteiger partial charge in [-0.05, 0) is 6.92 Å². The van der Waals surface area contributed by atoms with E-state index in [1.54, 1.807) is 19.1 Å². The molecule has 0 aliphatic carbocycles. The summed E-state index contributed by atoms with van der Waals surface area (Å²) in [4.78, 5) is 0. The van der Waals surface area contributed by atoms with Crippen molar-refractivity contribution in [3.63, 3.8) is 0 Å². The second-order valence-electron chi connectivity index (χ2n) is 1.82. The van der Waals surface area contributed by atoms with Gasteiger partial charge in [0.25, 0.3) is 0 Å². The minimum Gasteiger partial charge on any atom is -0.120 e. The third kappa shape index (κ3) is 7.43. The van der Waals surface area contributed by atoms with Gasteiger partial charge in [0, 0.05) is 11.0 Å². The van der Waals surface area contributed by atoms with Crippen molar-refractivity contribution in [3.05, 3.63) is 12.2 Å². The molecule has 3 nitrogen and oxygen atoms in total. The van der Waals surface area contributed by atoms with Crippen molar-refractivity contribution in [2.45, 2.75) is 13.3 Å². The Morgan fingerprint density at radius 3 is 2.83 bits per heavy atom. The molecule has 0 fully saturated rings. The van der Waals surface area contributed by atoms with E-state index in [4.69, 9.17) is 10.9 Å². The van der Waals surface area contributed by atoms with Crippen molar-refractivity contribution in [3.8, 4) is 12.3 Å². The lowest BCUT2D eigenvalue weighted by atomic mass is 10.4. The highest BCUT2D eigenvalue weighted by molar-refractivity contribution is 7.33. The molecule has 0 amide bonds. The Bertz CT molecular complexity index is 193. The Morgan fingerprint density at radius 2 is 2.25 bits per heavy atom. The molecule has 0 aliphatic rings. The fourth-order valence-corrected chi connectivity index (χ4v) is 0.959. The lowest BCUT2D eigenvalue weighted by Crippen LogP contribution is -1.84. The molecule has 0 aromatic heterocycles. The second kappa shape index (κ2) is 8.42. The molecule has 0 N–H and O–H groups in total. The molecule has 0 saturated heterocycles. The third-order valence-corrected chi connectivity index (χ3v) is 1.74. The standard InChI is InChI=1S/C8H12O3P/c1-3-5-6-7-8-11-12(9)10-4-2/h1,6-7H,4-5,8H2,2H3/q+1. The smallest absolute Gasteiger partial charge is 0.120 e. The van der Waals surface area contributed by atoms with Gasteiger partial charge in [-0.2, -0.15) is 0 Å². The molecule has 0 rings (SSSR count). The molecule has 66 valence electrons. The van der Waals surface area contributed by atoms with E-state index < -0.39 is 8.25 Å². The molecule has 12 heavy (non-hydrogen) atoms. The van der Waals surface area contributed by atoms with Crippen molar-refractivity contribution < 1.29 is 13.6 Å². The van der Waals surface area contributed by atoms with Gasteiger partial charge in [0.15, 0.2) is 0 Å². The lowest BCUT2D eigenvalue weighted by molar-refractivity contribution is 0.251. The van der Waals surface area contributed by atoms with Crippen LogP contribution in [0.1, 0.15) is 13.3 Å². The first-order valence-corrected chi connectivity index (χ1v) is 4.72. The van der Waals surface area contributed by atoms with Crippen LogP contribution in [0.4, 0.5) is 0 Å². The molecule has 0 heterocycles. The van der Waals surface area contributed by atoms with Crippen LogP contribution >= 0.6 is 8.25 Å². The molecule has 0 spiro atoms. The summed E-state index contributed by atoms with van der Waals surface area (Å²) >= 11 is 0. The summed E-state index contributed by atoms with van der Waals surface area (Å²) in [5.41, 5.74) is 0. The second-order valence-corrected chi connectivity index (χ2v) is 2.78. The van der Waals surface area contributed by atoms with E-state index in [-0.39, 0.29) is 6.61 Å². The molecule has 0 aromatic rings. The highest BCUT2D eigenvalue weighted by atomic mass is 31.1. The molecule has 0 radical (unpaired) electrons. The molecular weight excluding hydrogens is 175 g/mol. The Labute approximate surface area is 73.7 Å². The zero-order valence-corrected chi connectivity index (χ0v) is 7.92. The fraction of sp³-hybridized carbons (Fsp3) is 0.500. The van der Waals surface area contributed by atoms with Gasteiger partial charge in [0.1, 0.15) is 13.2 Å². The van der Waals surface area contributed by atoms with Gasteiger partial charge in [-0.3, -0.25) is 0 Å². The number of allylic oxidation sites excluding steroid dienone is 1. The fourth-order valence-electron chi connectivity index (χ4n) is 0.466. The monoisotopic (exact) mass is 187 g/mol. The topological polar surface area (TPSA) is 35.5 Å². The van der Waals surface area contributed by atoms with Crippen LogP contribution in [0.2, 0.25) is 0 Å². The average molecular weight is 187 g/mol. The van der Waals surface area contributed by atoms with Crippen LogP contribution in [0.3, 0.4) is 0 Å². The number of terminal acetylenes is 1. The zero-order chi connectivity index (χ0) is 9.23. The van der Waals surface area contributed by atoms with Gasteiger partial charge in [0.2, 0.25) is 0 Å². The van der Waals surface area contributed by atoms with Crippen molar-refractivity contribution in [1.29, 1.82) is 0 Å². The van der Waals surface area contributed by atoms with Gasteiger partial charge in [-0.25, -0.2) is 0 Å². The Morgan fingerprint density at radius 1 is 1.50 bits per heavy atom. The molecule has 1 unspecified atom stereocenters. The average Bonchev–Trinajstić information content (AvgIpc) is 2.05. The van der Waals surface area contributed by atoms with Crippen LogP contribution in [0, 0.1) is 12.3 Å². The maximum atomic E-state index is 10.7. The third-order valence-electron chi connectivity index (χ3n) is 0.913. The normalized spacial score (nSPS) is 11.5. The number of rotatable bonds is 6. The van der Waals surface area contributed by atoms with Crippen molar-refractivity contribution in [1.82, 2.24) is 0 Å². The summed E-state index contributed by atoms with van der Waals surface area (Å²) in [6, 6.07) is 0. The van der Waals surface area contributed by atoms with E-state index >= 15 is 0 Å². The van der Waals surface area contributed by atoms with Crippen LogP contribution in [0.5, 0.6) is 0 Å². The van der Waals surface area contributed by atoms with Gasteiger partial charge in [0.05, 0.1) is 0 Å². The molecule has 0 aliphatic heterocycles. The molecule has 1 atom stereocenters. The van der Waals surface area contributed by atoms with Gasteiger partial charge in [-0.15, -0.1) is 21.4 Å². The Kier molecular flexibility index (Phi) is 7.94. The highest BCUT2D eigenvalue weighted by Gasteiger charge is 2.16. The van der Waals surface area contributed by atoms with Crippen LogP contribution in [0.15, 0.2) is 12.2 Å². The van der Waals surface area contributed by atoms with E-state index in [1.165, 1.54) is 0 Å². The maximum absolute atomic E-state index is 10.7. The first-order valence-electron chi connectivity index (χ1n) is 3.62. The SMILES string of the molecule is C#CCC=CCO[P+](=O)OCC. The Balaban J connectivity index is 3.31.